The SMILES string of the molecule is Cc1cc(NC(=O)CSc2nnc(-c3ccc(F)cc3)[nH]2)ccc1F. The van der Waals surface area contributed by atoms with Crippen LogP contribution in [0.3, 0.4) is 0 Å². The lowest BCUT2D eigenvalue weighted by molar-refractivity contribution is -0.113. The van der Waals surface area contributed by atoms with Gasteiger partial charge in [-0.1, -0.05) is 11.8 Å². The number of H-pyrrole nitrogens is 1. The number of amides is 1. The highest BCUT2D eigenvalue weighted by Crippen LogP contribution is 2.20. The zero-order chi connectivity index (χ0) is 17.8. The van der Waals surface area contributed by atoms with E-state index < -0.39 is 0 Å². The van der Waals surface area contributed by atoms with Gasteiger partial charge < -0.3 is 10.3 Å². The van der Waals surface area contributed by atoms with Crippen LogP contribution in [0.4, 0.5) is 14.5 Å². The molecule has 0 radical (unpaired) electrons. The summed E-state index contributed by atoms with van der Waals surface area (Å²) in [5.41, 5.74) is 1.70. The van der Waals surface area contributed by atoms with Gasteiger partial charge in [0.25, 0.3) is 0 Å². The maximum Gasteiger partial charge on any atom is 0.234 e. The number of benzene rings is 2. The Morgan fingerprint density at radius 2 is 1.92 bits per heavy atom. The molecule has 0 unspecified atom stereocenters. The lowest BCUT2D eigenvalue weighted by Gasteiger charge is -2.05. The van der Waals surface area contributed by atoms with E-state index in [4.69, 9.17) is 0 Å². The third-order valence-electron chi connectivity index (χ3n) is 3.37. The Balaban J connectivity index is 1.57. The summed E-state index contributed by atoms with van der Waals surface area (Å²) in [7, 11) is 0. The van der Waals surface area contributed by atoms with Crippen LogP contribution in [0.25, 0.3) is 11.4 Å². The fourth-order valence-electron chi connectivity index (χ4n) is 2.10. The summed E-state index contributed by atoms with van der Waals surface area (Å²) in [5.74, 6) is -0.269. The number of aromatic nitrogens is 3. The molecule has 0 saturated heterocycles. The summed E-state index contributed by atoms with van der Waals surface area (Å²) >= 11 is 1.18. The molecule has 0 aliphatic heterocycles. The molecule has 8 heteroatoms. The van der Waals surface area contributed by atoms with Crippen LogP contribution in [0.15, 0.2) is 47.6 Å². The van der Waals surface area contributed by atoms with Gasteiger partial charge in [-0.05, 0) is 55.0 Å². The molecular weight excluding hydrogens is 346 g/mol. The summed E-state index contributed by atoms with van der Waals surface area (Å²) in [6.45, 7) is 1.63. The van der Waals surface area contributed by atoms with Crippen molar-refractivity contribution in [2.24, 2.45) is 0 Å². The zero-order valence-electron chi connectivity index (χ0n) is 13.2. The van der Waals surface area contributed by atoms with Crippen LogP contribution >= 0.6 is 11.8 Å². The van der Waals surface area contributed by atoms with Gasteiger partial charge in [0, 0.05) is 11.3 Å². The molecule has 0 aliphatic carbocycles. The van der Waals surface area contributed by atoms with Gasteiger partial charge in [0.2, 0.25) is 5.91 Å². The predicted molar refractivity (Wildman–Crippen MR) is 92.3 cm³/mol. The Morgan fingerprint density at radius 1 is 1.16 bits per heavy atom. The van der Waals surface area contributed by atoms with E-state index in [-0.39, 0.29) is 23.3 Å². The number of carbonyl (C=O) groups excluding carboxylic acids is 1. The van der Waals surface area contributed by atoms with E-state index >= 15 is 0 Å². The maximum absolute atomic E-state index is 13.2. The number of aromatic amines is 1. The van der Waals surface area contributed by atoms with Crippen LogP contribution in [-0.2, 0) is 4.79 Å². The Bertz CT molecular complexity index is 896. The Hall–Kier alpha value is -2.74. The van der Waals surface area contributed by atoms with E-state index in [0.29, 0.717) is 27.8 Å². The summed E-state index contributed by atoms with van der Waals surface area (Å²) in [4.78, 5) is 14.9. The average molecular weight is 360 g/mol. The molecule has 3 rings (SSSR count). The topological polar surface area (TPSA) is 70.7 Å². The minimum absolute atomic E-state index is 0.120. The minimum atomic E-state index is -0.328. The molecule has 2 N–H and O–H groups in total. The molecule has 0 spiro atoms. The third-order valence-corrected chi connectivity index (χ3v) is 4.23. The molecule has 128 valence electrons. The summed E-state index contributed by atoms with van der Waals surface area (Å²) in [6.07, 6.45) is 0. The highest BCUT2D eigenvalue weighted by Gasteiger charge is 2.09. The van der Waals surface area contributed by atoms with Crippen molar-refractivity contribution in [3.8, 4) is 11.4 Å². The number of nitrogens with zero attached hydrogens (tertiary/aromatic N) is 2. The Labute approximate surface area is 146 Å². The van der Waals surface area contributed by atoms with Crippen molar-refractivity contribution in [1.82, 2.24) is 15.2 Å². The lowest BCUT2D eigenvalue weighted by atomic mass is 10.2. The standard InChI is InChI=1S/C17H14F2N4OS/c1-10-8-13(6-7-14(10)19)20-15(24)9-25-17-21-16(22-23-17)11-2-4-12(18)5-3-11/h2-8H,9H2,1H3,(H,20,24)(H,21,22,23). The van der Waals surface area contributed by atoms with Crippen molar-refractivity contribution in [2.75, 3.05) is 11.1 Å². The van der Waals surface area contributed by atoms with Crippen molar-refractivity contribution in [3.05, 3.63) is 59.7 Å². The van der Waals surface area contributed by atoms with Crippen molar-refractivity contribution < 1.29 is 13.6 Å². The second kappa shape index (κ2) is 7.43. The monoisotopic (exact) mass is 360 g/mol. The number of hydrogen-bond acceptors (Lipinski definition) is 4. The molecule has 0 bridgehead atoms. The van der Waals surface area contributed by atoms with Crippen LogP contribution < -0.4 is 5.32 Å². The molecule has 5 nitrogen and oxygen atoms in total. The van der Waals surface area contributed by atoms with Crippen LogP contribution in [0.1, 0.15) is 5.56 Å². The van der Waals surface area contributed by atoms with Gasteiger partial charge in [0.05, 0.1) is 5.75 Å². The smallest absolute Gasteiger partial charge is 0.234 e. The zero-order valence-corrected chi connectivity index (χ0v) is 14.0. The van der Waals surface area contributed by atoms with Gasteiger partial charge in [-0.15, -0.1) is 10.2 Å². The Morgan fingerprint density at radius 3 is 2.64 bits per heavy atom. The molecular formula is C17H14F2N4OS. The molecule has 2 aromatic carbocycles. The van der Waals surface area contributed by atoms with Gasteiger partial charge in [-0.2, -0.15) is 0 Å². The fraction of sp³-hybridized carbons (Fsp3) is 0.118. The number of nitrogens with one attached hydrogen (secondary N) is 2. The largest absolute Gasteiger partial charge is 0.325 e. The molecule has 25 heavy (non-hydrogen) atoms. The molecule has 3 aromatic rings. The number of halogens is 2. The number of rotatable bonds is 5. The predicted octanol–water partition coefficient (Wildman–Crippen LogP) is 3.79. The van der Waals surface area contributed by atoms with Crippen LogP contribution in [-0.4, -0.2) is 26.8 Å². The molecule has 0 atom stereocenters. The van der Waals surface area contributed by atoms with Crippen molar-refractivity contribution in [3.63, 3.8) is 0 Å². The number of hydrogen-bond donors (Lipinski definition) is 2. The average Bonchev–Trinajstić information content (AvgIpc) is 3.06. The second-order valence-corrected chi connectivity index (χ2v) is 6.25. The molecule has 0 aliphatic rings. The summed E-state index contributed by atoms with van der Waals surface area (Å²) < 4.78 is 26.1. The molecule has 0 saturated carbocycles. The van der Waals surface area contributed by atoms with Crippen molar-refractivity contribution >= 4 is 23.4 Å². The van der Waals surface area contributed by atoms with E-state index in [1.165, 1.54) is 36.0 Å². The third kappa shape index (κ3) is 4.42. The number of aryl methyl sites for hydroxylation is 1. The van der Waals surface area contributed by atoms with Gasteiger partial charge >= 0.3 is 0 Å². The van der Waals surface area contributed by atoms with E-state index in [0.717, 1.165) is 0 Å². The molecule has 1 heterocycles. The second-order valence-electron chi connectivity index (χ2n) is 5.29. The molecule has 0 fully saturated rings. The van der Waals surface area contributed by atoms with E-state index in [2.05, 4.69) is 20.5 Å². The fourth-order valence-corrected chi connectivity index (χ4v) is 2.71. The van der Waals surface area contributed by atoms with E-state index in [9.17, 15) is 13.6 Å². The van der Waals surface area contributed by atoms with Gasteiger partial charge in [-0.25, -0.2) is 8.78 Å². The Kier molecular flexibility index (Phi) is 5.08. The summed E-state index contributed by atoms with van der Waals surface area (Å²) in [5, 5.41) is 11.1. The quantitative estimate of drug-likeness (QED) is 0.679. The summed E-state index contributed by atoms with van der Waals surface area (Å²) in [6, 6.07) is 10.2. The first kappa shape index (κ1) is 17.1. The number of anilines is 1. The lowest BCUT2D eigenvalue weighted by Crippen LogP contribution is -2.14. The molecule has 1 amide bonds. The first-order valence-corrected chi connectivity index (χ1v) is 8.37. The maximum atomic E-state index is 13.2. The van der Waals surface area contributed by atoms with Crippen molar-refractivity contribution in [2.45, 2.75) is 12.1 Å². The number of thioether (sulfide) groups is 1. The minimum Gasteiger partial charge on any atom is -0.325 e. The first-order valence-electron chi connectivity index (χ1n) is 7.39. The molecule has 1 aromatic heterocycles. The van der Waals surface area contributed by atoms with Gasteiger partial charge in [0.15, 0.2) is 11.0 Å². The van der Waals surface area contributed by atoms with Gasteiger partial charge in [-0.3, -0.25) is 4.79 Å². The van der Waals surface area contributed by atoms with Crippen LogP contribution in [0.5, 0.6) is 0 Å². The van der Waals surface area contributed by atoms with E-state index in [1.54, 1.807) is 25.1 Å². The van der Waals surface area contributed by atoms with E-state index in [1.807, 2.05) is 0 Å². The first-order chi connectivity index (χ1) is 12.0. The number of carbonyl (C=O) groups is 1. The highest BCUT2D eigenvalue weighted by molar-refractivity contribution is 7.99. The van der Waals surface area contributed by atoms with Crippen LogP contribution in [0.2, 0.25) is 0 Å². The van der Waals surface area contributed by atoms with Crippen LogP contribution in [0, 0.1) is 18.6 Å². The normalized spacial score (nSPS) is 10.7. The van der Waals surface area contributed by atoms with Crippen molar-refractivity contribution in [1.29, 1.82) is 0 Å². The highest BCUT2D eigenvalue weighted by atomic mass is 32.2. The van der Waals surface area contributed by atoms with Gasteiger partial charge in [0.1, 0.15) is 11.6 Å².